The lowest BCUT2D eigenvalue weighted by atomic mass is 10.0. The number of nitrogens with two attached hydrogens (primary N) is 1. The second-order valence-corrected chi connectivity index (χ2v) is 6.99. The SMILES string of the molecule is CC(=O)Nc1cc(Cl)c(Oc2ccc(O)c(-c3ccc(C(N)=O)cc3)c2)c(Cl)c1. The van der Waals surface area contributed by atoms with Gasteiger partial charge in [0.15, 0.2) is 5.75 Å². The predicted octanol–water partition coefficient (Wildman–Crippen LogP) is 5.22. The molecular weight excluding hydrogens is 415 g/mol. The molecule has 3 aromatic carbocycles. The molecule has 0 unspecified atom stereocenters. The van der Waals surface area contributed by atoms with Crippen molar-refractivity contribution in [2.45, 2.75) is 6.92 Å². The fourth-order valence-corrected chi connectivity index (χ4v) is 3.24. The molecule has 3 rings (SSSR count). The molecule has 0 bridgehead atoms. The Morgan fingerprint density at radius 3 is 2.17 bits per heavy atom. The number of nitrogens with one attached hydrogen (secondary N) is 1. The zero-order valence-corrected chi connectivity index (χ0v) is 16.7. The van der Waals surface area contributed by atoms with Crippen LogP contribution >= 0.6 is 23.2 Å². The van der Waals surface area contributed by atoms with Crippen molar-refractivity contribution < 1.29 is 19.4 Å². The molecule has 8 heteroatoms. The minimum atomic E-state index is -0.537. The van der Waals surface area contributed by atoms with Crippen LogP contribution in [0.1, 0.15) is 17.3 Å². The Hall–Kier alpha value is -3.22. The van der Waals surface area contributed by atoms with Crippen LogP contribution in [0, 0.1) is 0 Å². The van der Waals surface area contributed by atoms with E-state index in [1.165, 1.54) is 25.1 Å². The molecule has 0 aliphatic rings. The molecule has 0 radical (unpaired) electrons. The highest BCUT2D eigenvalue weighted by molar-refractivity contribution is 6.37. The van der Waals surface area contributed by atoms with E-state index < -0.39 is 5.91 Å². The second kappa shape index (κ2) is 8.43. The third-order valence-corrected chi connectivity index (χ3v) is 4.55. The number of amides is 2. The van der Waals surface area contributed by atoms with Gasteiger partial charge >= 0.3 is 0 Å². The molecule has 0 saturated heterocycles. The number of halogens is 2. The number of primary amides is 1. The average molecular weight is 431 g/mol. The molecule has 148 valence electrons. The maximum absolute atomic E-state index is 11.2. The van der Waals surface area contributed by atoms with E-state index in [2.05, 4.69) is 5.32 Å². The number of hydrogen-bond donors (Lipinski definition) is 3. The lowest BCUT2D eigenvalue weighted by molar-refractivity contribution is -0.114. The summed E-state index contributed by atoms with van der Waals surface area (Å²) in [5.41, 5.74) is 7.21. The zero-order valence-electron chi connectivity index (χ0n) is 15.2. The van der Waals surface area contributed by atoms with Gasteiger partial charge in [0.1, 0.15) is 11.5 Å². The molecule has 0 spiro atoms. The van der Waals surface area contributed by atoms with Gasteiger partial charge in [0, 0.05) is 23.7 Å². The van der Waals surface area contributed by atoms with Crippen LogP contribution in [0.2, 0.25) is 10.0 Å². The van der Waals surface area contributed by atoms with Crippen molar-refractivity contribution >= 4 is 40.7 Å². The van der Waals surface area contributed by atoms with Crippen LogP contribution in [0.25, 0.3) is 11.1 Å². The summed E-state index contributed by atoms with van der Waals surface area (Å²) in [4.78, 5) is 22.4. The second-order valence-electron chi connectivity index (χ2n) is 6.17. The molecule has 0 aliphatic heterocycles. The summed E-state index contributed by atoms with van der Waals surface area (Å²) in [5.74, 6) is -0.167. The number of rotatable bonds is 5. The van der Waals surface area contributed by atoms with E-state index in [9.17, 15) is 14.7 Å². The van der Waals surface area contributed by atoms with Gasteiger partial charge in [0.25, 0.3) is 0 Å². The summed E-state index contributed by atoms with van der Waals surface area (Å²) in [5, 5.41) is 13.2. The van der Waals surface area contributed by atoms with Crippen molar-refractivity contribution in [1.82, 2.24) is 0 Å². The maximum Gasteiger partial charge on any atom is 0.248 e. The highest BCUT2D eigenvalue weighted by Gasteiger charge is 2.14. The molecular formula is C21H16Cl2N2O4. The molecule has 29 heavy (non-hydrogen) atoms. The Morgan fingerprint density at radius 1 is 1.00 bits per heavy atom. The van der Waals surface area contributed by atoms with Gasteiger partial charge in [-0.15, -0.1) is 0 Å². The van der Waals surface area contributed by atoms with Gasteiger partial charge in [-0.3, -0.25) is 9.59 Å². The summed E-state index contributed by atoms with van der Waals surface area (Å²) in [7, 11) is 0. The number of phenolic OH excluding ortho intramolecular Hbond substituents is 1. The van der Waals surface area contributed by atoms with E-state index in [4.69, 9.17) is 33.7 Å². The standard InChI is InChI=1S/C21H16Cl2N2O4/c1-11(26)25-14-8-17(22)20(18(23)9-14)29-15-6-7-19(27)16(10-15)12-2-4-13(5-3-12)21(24)28/h2-10,27H,1H3,(H2,24,28)(H,25,26). The third-order valence-electron chi connectivity index (χ3n) is 3.99. The number of phenols is 1. The van der Waals surface area contributed by atoms with Crippen LogP contribution in [0.5, 0.6) is 17.2 Å². The van der Waals surface area contributed by atoms with Crippen LogP contribution in [0.15, 0.2) is 54.6 Å². The van der Waals surface area contributed by atoms with E-state index in [1.807, 2.05) is 0 Å². The third kappa shape index (κ3) is 4.80. The van der Waals surface area contributed by atoms with E-state index in [1.54, 1.807) is 36.4 Å². The van der Waals surface area contributed by atoms with Gasteiger partial charge in [-0.1, -0.05) is 35.3 Å². The molecule has 0 fully saturated rings. The Balaban J connectivity index is 1.92. The summed E-state index contributed by atoms with van der Waals surface area (Å²) >= 11 is 12.5. The maximum atomic E-state index is 11.2. The first-order valence-corrected chi connectivity index (χ1v) is 9.18. The van der Waals surface area contributed by atoms with Crippen molar-refractivity contribution in [3.05, 3.63) is 70.2 Å². The van der Waals surface area contributed by atoms with Crippen LogP contribution < -0.4 is 15.8 Å². The van der Waals surface area contributed by atoms with E-state index in [0.717, 1.165) is 0 Å². The number of ether oxygens (including phenoxy) is 1. The fourth-order valence-electron chi connectivity index (χ4n) is 2.67. The summed E-state index contributed by atoms with van der Waals surface area (Å²) in [6.45, 7) is 1.38. The number of anilines is 1. The van der Waals surface area contributed by atoms with Gasteiger partial charge in [-0.25, -0.2) is 0 Å². The van der Waals surface area contributed by atoms with Crippen molar-refractivity contribution in [3.63, 3.8) is 0 Å². The summed E-state index contributed by atoms with van der Waals surface area (Å²) in [6, 6.07) is 14.2. The molecule has 0 aromatic heterocycles. The molecule has 4 N–H and O–H groups in total. The fraction of sp³-hybridized carbons (Fsp3) is 0.0476. The number of carbonyl (C=O) groups excluding carboxylic acids is 2. The van der Waals surface area contributed by atoms with Crippen LogP contribution in [-0.2, 0) is 4.79 Å². The molecule has 6 nitrogen and oxygen atoms in total. The van der Waals surface area contributed by atoms with E-state index in [-0.39, 0.29) is 27.5 Å². The summed E-state index contributed by atoms with van der Waals surface area (Å²) in [6.07, 6.45) is 0. The molecule has 0 aliphatic carbocycles. The van der Waals surface area contributed by atoms with Crippen molar-refractivity contribution in [2.75, 3.05) is 5.32 Å². The van der Waals surface area contributed by atoms with Gasteiger partial charge in [-0.2, -0.15) is 0 Å². The Bertz CT molecular complexity index is 1080. The Kier molecular flexibility index (Phi) is 5.96. The molecule has 0 saturated carbocycles. The highest BCUT2D eigenvalue weighted by atomic mass is 35.5. The van der Waals surface area contributed by atoms with Crippen LogP contribution in [0.4, 0.5) is 5.69 Å². The zero-order chi connectivity index (χ0) is 21.1. The molecule has 0 heterocycles. The van der Waals surface area contributed by atoms with Crippen molar-refractivity contribution in [1.29, 1.82) is 0 Å². The van der Waals surface area contributed by atoms with Crippen molar-refractivity contribution in [3.8, 4) is 28.4 Å². The Labute approximate surface area is 176 Å². The first kappa shape index (κ1) is 20.5. The number of carbonyl (C=O) groups is 2. The average Bonchev–Trinajstić information content (AvgIpc) is 2.65. The van der Waals surface area contributed by atoms with Crippen LogP contribution in [-0.4, -0.2) is 16.9 Å². The lowest BCUT2D eigenvalue weighted by Gasteiger charge is -2.13. The van der Waals surface area contributed by atoms with E-state index >= 15 is 0 Å². The predicted molar refractivity (Wildman–Crippen MR) is 113 cm³/mol. The van der Waals surface area contributed by atoms with Gasteiger partial charge < -0.3 is 20.9 Å². The van der Waals surface area contributed by atoms with Gasteiger partial charge in [-0.05, 0) is 48.0 Å². The molecule has 2 amide bonds. The number of hydrogen-bond acceptors (Lipinski definition) is 4. The normalized spacial score (nSPS) is 10.4. The summed E-state index contributed by atoms with van der Waals surface area (Å²) < 4.78 is 5.82. The van der Waals surface area contributed by atoms with Gasteiger partial charge in [0.05, 0.1) is 10.0 Å². The first-order valence-electron chi connectivity index (χ1n) is 8.42. The highest BCUT2D eigenvalue weighted by Crippen LogP contribution is 2.41. The quantitative estimate of drug-likeness (QED) is 0.516. The number of benzene rings is 3. The van der Waals surface area contributed by atoms with Crippen LogP contribution in [0.3, 0.4) is 0 Å². The minimum Gasteiger partial charge on any atom is -0.507 e. The molecule has 3 aromatic rings. The smallest absolute Gasteiger partial charge is 0.248 e. The lowest BCUT2D eigenvalue weighted by Crippen LogP contribution is -2.10. The number of aromatic hydroxyl groups is 1. The minimum absolute atomic E-state index is 0.0300. The monoisotopic (exact) mass is 430 g/mol. The van der Waals surface area contributed by atoms with E-state index in [0.29, 0.717) is 28.1 Å². The topological polar surface area (TPSA) is 102 Å². The molecule has 0 atom stereocenters. The van der Waals surface area contributed by atoms with Gasteiger partial charge in [0.2, 0.25) is 11.8 Å². The first-order chi connectivity index (χ1) is 13.7. The Morgan fingerprint density at radius 2 is 1.62 bits per heavy atom. The van der Waals surface area contributed by atoms with Crippen molar-refractivity contribution in [2.24, 2.45) is 5.73 Å². The largest absolute Gasteiger partial charge is 0.507 e.